The van der Waals surface area contributed by atoms with E-state index in [1.54, 1.807) is 0 Å². The zero-order valence-electron chi connectivity index (χ0n) is 10.8. The number of rotatable bonds is 2. The van der Waals surface area contributed by atoms with E-state index in [0.717, 1.165) is 25.3 Å². The predicted molar refractivity (Wildman–Crippen MR) is 68.2 cm³/mol. The second-order valence-electron chi connectivity index (χ2n) is 5.00. The number of carbonyl (C=O) groups is 1. The van der Waals surface area contributed by atoms with Gasteiger partial charge in [0.15, 0.2) is 0 Å². The molecule has 0 unspecified atom stereocenters. The van der Waals surface area contributed by atoms with Crippen LogP contribution in [0.4, 0.5) is 0 Å². The van der Waals surface area contributed by atoms with Gasteiger partial charge in [-0.15, -0.1) is 0 Å². The van der Waals surface area contributed by atoms with Crippen molar-refractivity contribution in [1.29, 1.82) is 0 Å². The summed E-state index contributed by atoms with van der Waals surface area (Å²) in [7, 11) is 0. The third-order valence-electron chi connectivity index (χ3n) is 3.21. The Hall–Kier alpha value is -1.29. The average molecular weight is 235 g/mol. The van der Waals surface area contributed by atoms with Crippen LogP contribution in [-0.4, -0.2) is 41.1 Å². The van der Waals surface area contributed by atoms with Crippen LogP contribution < -0.4 is 5.32 Å². The number of carbonyl (C=O) groups excluding carboxylic acids is 1. The lowest BCUT2D eigenvalue weighted by Crippen LogP contribution is -2.51. The van der Waals surface area contributed by atoms with Crippen molar-refractivity contribution in [2.45, 2.75) is 32.9 Å². The zero-order valence-corrected chi connectivity index (χ0v) is 10.8. The van der Waals surface area contributed by atoms with Crippen molar-refractivity contribution in [3.8, 4) is 0 Å². The van der Waals surface area contributed by atoms with E-state index < -0.39 is 0 Å². The summed E-state index contributed by atoms with van der Waals surface area (Å²) in [4.78, 5) is 14.3. The van der Waals surface area contributed by atoms with Crippen LogP contribution in [0.15, 0.2) is 18.3 Å². The maximum atomic E-state index is 12.4. The molecule has 0 aliphatic carbocycles. The average Bonchev–Trinajstić information content (AvgIpc) is 2.77. The lowest BCUT2D eigenvalue weighted by Gasteiger charge is -2.32. The normalized spacial score (nSPS) is 20.9. The van der Waals surface area contributed by atoms with E-state index in [-0.39, 0.29) is 5.91 Å². The molecule has 0 spiro atoms. The molecule has 1 aromatic heterocycles. The number of hydrogen-bond acceptors (Lipinski definition) is 2. The Morgan fingerprint density at radius 2 is 2.29 bits per heavy atom. The minimum Gasteiger partial charge on any atom is -0.341 e. The molecule has 0 aromatic carbocycles. The number of piperazine rings is 1. The monoisotopic (exact) mass is 235 g/mol. The lowest BCUT2D eigenvalue weighted by molar-refractivity contribution is 0.0696. The van der Waals surface area contributed by atoms with Crippen LogP contribution in [-0.2, 0) is 0 Å². The highest BCUT2D eigenvalue weighted by Crippen LogP contribution is 2.14. The summed E-state index contributed by atoms with van der Waals surface area (Å²) in [5.41, 5.74) is 0.800. The maximum absolute atomic E-state index is 12.4. The van der Waals surface area contributed by atoms with Gasteiger partial charge in [-0.1, -0.05) is 0 Å². The third-order valence-corrected chi connectivity index (χ3v) is 3.21. The largest absolute Gasteiger partial charge is 0.341 e. The number of aromatic nitrogens is 1. The molecule has 1 atom stereocenters. The van der Waals surface area contributed by atoms with Crippen molar-refractivity contribution in [1.82, 2.24) is 14.8 Å². The minimum atomic E-state index is 0.150. The van der Waals surface area contributed by atoms with E-state index in [2.05, 4.69) is 26.1 Å². The molecule has 1 fully saturated rings. The Bertz CT molecular complexity index is 397. The van der Waals surface area contributed by atoms with E-state index in [0.29, 0.717) is 12.1 Å². The van der Waals surface area contributed by atoms with E-state index >= 15 is 0 Å². The van der Waals surface area contributed by atoms with Crippen molar-refractivity contribution >= 4 is 5.91 Å². The van der Waals surface area contributed by atoms with Gasteiger partial charge in [0.1, 0.15) is 5.69 Å². The second kappa shape index (κ2) is 4.92. The Labute approximate surface area is 103 Å². The van der Waals surface area contributed by atoms with Crippen LogP contribution in [0.3, 0.4) is 0 Å². The van der Waals surface area contributed by atoms with Gasteiger partial charge in [0.25, 0.3) is 5.91 Å². The molecule has 17 heavy (non-hydrogen) atoms. The van der Waals surface area contributed by atoms with Crippen LogP contribution >= 0.6 is 0 Å². The number of nitrogens with zero attached hydrogens (tertiary/aromatic N) is 2. The Kier molecular flexibility index (Phi) is 3.52. The van der Waals surface area contributed by atoms with Crippen LogP contribution in [0, 0.1) is 0 Å². The topological polar surface area (TPSA) is 37.3 Å². The summed E-state index contributed by atoms with van der Waals surface area (Å²) in [6, 6.07) is 4.56. The number of nitrogens with one attached hydrogen (secondary N) is 1. The number of hydrogen-bond donors (Lipinski definition) is 1. The smallest absolute Gasteiger partial charge is 0.270 e. The lowest BCUT2D eigenvalue weighted by atomic mass is 10.2. The maximum Gasteiger partial charge on any atom is 0.270 e. The highest BCUT2D eigenvalue weighted by atomic mass is 16.2. The van der Waals surface area contributed by atoms with Gasteiger partial charge in [0.2, 0.25) is 0 Å². The fourth-order valence-electron chi connectivity index (χ4n) is 2.30. The van der Waals surface area contributed by atoms with E-state index in [1.165, 1.54) is 0 Å². The van der Waals surface area contributed by atoms with Crippen LogP contribution in [0.25, 0.3) is 0 Å². The Morgan fingerprint density at radius 3 is 2.94 bits per heavy atom. The first-order valence-electron chi connectivity index (χ1n) is 6.29. The molecule has 1 aliphatic heterocycles. The van der Waals surface area contributed by atoms with Gasteiger partial charge in [0.05, 0.1) is 0 Å². The van der Waals surface area contributed by atoms with Gasteiger partial charge < -0.3 is 14.8 Å². The van der Waals surface area contributed by atoms with Gasteiger partial charge in [0, 0.05) is 37.9 Å². The third kappa shape index (κ3) is 2.52. The molecule has 0 radical (unpaired) electrons. The summed E-state index contributed by atoms with van der Waals surface area (Å²) < 4.78 is 2.04. The zero-order chi connectivity index (χ0) is 12.4. The molecule has 1 saturated heterocycles. The molecule has 94 valence electrons. The molecule has 2 heterocycles. The molecule has 1 N–H and O–H groups in total. The van der Waals surface area contributed by atoms with Crippen molar-refractivity contribution < 1.29 is 4.79 Å². The molecular weight excluding hydrogens is 214 g/mol. The van der Waals surface area contributed by atoms with E-state index in [4.69, 9.17) is 0 Å². The van der Waals surface area contributed by atoms with Gasteiger partial charge >= 0.3 is 0 Å². The van der Waals surface area contributed by atoms with Crippen LogP contribution in [0.2, 0.25) is 0 Å². The molecule has 2 rings (SSSR count). The minimum absolute atomic E-state index is 0.150. The summed E-state index contributed by atoms with van der Waals surface area (Å²) in [6.07, 6.45) is 1.98. The van der Waals surface area contributed by atoms with Crippen molar-refractivity contribution in [3.05, 3.63) is 24.0 Å². The standard InChI is InChI=1S/C13H21N3O/c1-10(2)16-7-4-5-12(16)13(17)15-8-6-14-11(3)9-15/h4-5,7,10-11,14H,6,8-9H2,1-3H3/t11-/m0/s1. The summed E-state index contributed by atoms with van der Waals surface area (Å²) in [5.74, 6) is 0.150. The highest BCUT2D eigenvalue weighted by molar-refractivity contribution is 5.93. The molecule has 1 aliphatic rings. The van der Waals surface area contributed by atoms with E-state index in [9.17, 15) is 4.79 Å². The van der Waals surface area contributed by atoms with Crippen LogP contribution in [0.1, 0.15) is 37.3 Å². The fourth-order valence-corrected chi connectivity index (χ4v) is 2.30. The first-order valence-corrected chi connectivity index (χ1v) is 6.29. The van der Waals surface area contributed by atoms with Gasteiger partial charge in [-0.05, 0) is 32.9 Å². The van der Waals surface area contributed by atoms with E-state index in [1.807, 2.05) is 27.8 Å². The van der Waals surface area contributed by atoms with Crippen molar-refractivity contribution in [3.63, 3.8) is 0 Å². The first kappa shape index (κ1) is 12.2. The SMILES string of the molecule is CC(C)n1cccc1C(=O)N1CCN[C@@H](C)C1. The molecule has 4 heteroatoms. The molecule has 1 amide bonds. The van der Waals surface area contributed by atoms with Crippen molar-refractivity contribution in [2.24, 2.45) is 0 Å². The molecule has 0 bridgehead atoms. The first-order chi connectivity index (χ1) is 8.09. The molecular formula is C13H21N3O. The highest BCUT2D eigenvalue weighted by Gasteiger charge is 2.23. The Morgan fingerprint density at radius 1 is 1.53 bits per heavy atom. The Balaban J connectivity index is 2.16. The summed E-state index contributed by atoms with van der Waals surface area (Å²) in [6.45, 7) is 8.78. The number of amides is 1. The van der Waals surface area contributed by atoms with Gasteiger partial charge in [-0.2, -0.15) is 0 Å². The second-order valence-corrected chi connectivity index (χ2v) is 5.00. The van der Waals surface area contributed by atoms with Crippen molar-refractivity contribution in [2.75, 3.05) is 19.6 Å². The summed E-state index contributed by atoms with van der Waals surface area (Å²) >= 11 is 0. The van der Waals surface area contributed by atoms with Crippen LogP contribution in [0.5, 0.6) is 0 Å². The fraction of sp³-hybridized carbons (Fsp3) is 0.615. The quantitative estimate of drug-likeness (QED) is 0.843. The molecule has 1 aromatic rings. The van der Waals surface area contributed by atoms with Gasteiger partial charge in [-0.3, -0.25) is 4.79 Å². The summed E-state index contributed by atoms with van der Waals surface area (Å²) in [5, 5.41) is 3.35. The molecule has 4 nitrogen and oxygen atoms in total. The predicted octanol–water partition coefficient (Wildman–Crippen LogP) is 1.50. The molecule has 0 saturated carbocycles. The van der Waals surface area contributed by atoms with Gasteiger partial charge in [-0.25, -0.2) is 0 Å².